The first-order valence-corrected chi connectivity index (χ1v) is 7.46. The van der Waals surface area contributed by atoms with Crippen molar-refractivity contribution in [2.24, 2.45) is 0 Å². The highest BCUT2D eigenvalue weighted by Crippen LogP contribution is 2.17. The monoisotopic (exact) mass is 311 g/mol. The van der Waals surface area contributed by atoms with Crippen molar-refractivity contribution < 1.29 is 14.3 Å². The third-order valence-electron chi connectivity index (χ3n) is 3.25. The Morgan fingerprint density at radius 3 is 2.62 bits per heavy atom. The maximum atomic E-state index is 12.0. The van der Waals surface area contributed by atoms with Gasteiger partial charge in [0.1, 0.15) is 0 Å². The van der Waals surface area contributed by atoms with Gasteiger partial charge in [-0.1, -0.05) is 23.7 Å². The lowest BCUT2D eigenvalue weighted by Gasteiger charge is -2.16. The SMILES string of the molecule is CCOC(=O)CCN(C)C(=O)CCc1ccc(C)c(Cl)c1. The topological polar surface area (TPSA) is 46.6 Å². The van der Waals surface area contributed by atoms with E-state index in [-0.39, 0.29) is 18.3 Å². The fourth-order valence-electron chi connectivity index (χ4n) is 1.85. The molecular formula is C16H22ClNO3. The molecule has 0 saturated carbocycles. The van der Waals surface area contributed by atoms with Crippen LogP contribution in [0.4, 0.5) is 0 Å². The highest BCUT2D eigenvalue weighted by Gasteiger charge is 2.11. The van der Waals surface area contributed by atoms with Crippen LogP contribution in [0, 0.1) is 6.92 Å². The smallest absolute Gasteiger partial charge is 0.307 e. The van der Waals surface area contributed by atoms with E-state index in [1.165, 1.54) is 0 Å². The lowest BCUT2D eigenvalue weighted by Crippen LogP contribution is -2.29. The molecule has 0 unspecified atom stereocenters. The van der Waals surface area contributed by atoms with Crippen molar-refractivity contribution in [1.29, 1.82) is 0 Å². The predicted octanol–water partition coefficient (Wildman–Crippen LogP) is 2.99. The maximum Gasteiger partial charge on any atom is 0.307 e. The largest absolute Gasteiger partial charge is 0.466 e. The van der Waals surface area contributed by atoms with Crippen LogP contribution in [0.1, 0.15) is 30.9 Å². The van der Waals surface area contributed by atoms with Gasteiger partial charge in [0.05, 0.1) is 13.0 Å². The second-order valence-electron chi connectivity index (χ2n) is 4.95. The molecule has 1 rings (SSSR count). The van der Waals surface area contributed by atoms with E-state index in [1.54, 1.807) is 18.9 Å². The molecule has 0 saturated heterocycles. The molecule has 1 amide bonds. The molecule has 5 heteroatoms. The van der Waals surface area contributed by atoms with Gasteiger partial charge in [-0.2, -0.15) is 0 Å². The zero-order chi connectivity index (χ0) is 15.8. The van der Waals surface area contributed by atoms with E-state index in [4.69, 9.17) is 16.3 Å². The number of carbonyl (C=O) groups excluding carboxylic acids is 2. The second-order valence-corrected chi connectivity index (χ2v) is 5.36. The van der Waals surface area contributed by atoms with E-state index in [0.717, 1.165) is 16.1 Å². The van der Waals surface area contributed by atoms with Crippen molar-refractivity contribution in [3.8, 4) is 0 Å². The minimum absolute atomic E-state index is 0.0102. The number of benzene rings is 1. The number of halogens is 1. The quantitative estimate of drug-likeness (QED) is 0.727. The van der Waals surface area contributed by atoms with E-state index in [1.807, 2.05) is 25.1 Å². The standard InChI is InChI=1S/C16H22ClNO3/c1-4-21-16(20)9-10-18(3)15(19)8-7-13-6-5-12(2)14(17)11-13/h5-6,11H,4,7-10H2,1-3H3. The van der Waals surface area contributed by atoms with Gasteiger partial charge in [0.15, 0.2) is 0 Å². The summed E-state index contributed by atoms with van der Waals surface area (Å²) in [5.74, 6) is -0.265. The van der Waals surface area contributed by atoms with E-state index >= 15 is 0 Å². The predicted molar refractivity (Wildman–Crippen MR) is 83.4 cm³/mol. The van der Waals surface area contributed by atoms with Crippen LogP contribution < -0.4 is 0 Å². The highest BCUT2D eigenvalue weighted by atomic mass is 35.5. The van der Waals surface area contributed by atoms with Crippen molar-refractivity contribution in [3.05, 3.63) is 34.3 Å². The van der Waals surface area contributed by atoms with Crippen LogP contribution >= 0.6 is 11.6 Å². The van der Waals surface area contributed by atoms with E-state index in [9.17, 15) is 9.59 Å². The van der Waals surface area contributed by atoms with Gasteiger partial charge in [0.2, 0.25) is 5.91 Å². The Morgan fingerprint density at radius 1 is 1.29 bits per heavy atom. The molecule has 1 aromatic rings. The molecule has 0 radical (unpaired) electrons. The molecule has 0 atom stereocenters. The number of esters is 1. The minimum atomic E-state index is -0.275. The zero-order valence-electron chi connectivity index (χ0n) is 12.8. The molecule has 0 heterocycles. The Kier molecular flexibility index (Phi) is 7.23. The first kappa shape index (κ1) is 17.5. The minimum Gasteiger partial charge on any atom is -0.466 e. The van der Waals surface area contributed by atoms with Gasteiger partial charge in [0, 0.05) is 25.0 Å². The normalized spacial score (nSPS) is 10.3. The fraction of sp³-hybridized carbons (Fsp3) is 0.500. The number of ether oxygens (including phenoxy) is 1. The number of hydrogen-bond donors (Lipinski definition) is 0. The Hall–Kier alpha value is -1.55. The average Bonchev–Trinajstić information content (AvgIpc) is 2.46. The molecule has 1 aromatic carbocycles. The van der Waals surface area contributed by atoms with Gasteiger partial charge < -0.3 is 9.64 Å². The molecule has 0 spiro atoms. The Balaban J connectivity index is 2.38. The van der Waals surface area contributed by atoms with Crippen LogP contribution in [0.25, 0.3) is 0 Å². The molecule has 0 bridgehead atoms. The van der Waals surface area contributed by atoms with Gasteiger partial charge >= 0.3 is 5.97 Å². The molecule has 0 aromatic heterocycles. The highest BCUT2D eigenvalue weighted by molar-refractivity contribution is 6.31. The van der Waals surface area contributed by atoms with Crippen LogP contribution in [0.2, 0.25) is 5.02 Å². The first-order chi connectivity index (χ1) is 9.93. The van der Waals surface area contributed by atoms with Gasteiger partial charge in [-0.05, 0) is 37.5 Å². The van der Waals surface area contributed by atoms with Gasteiger partial charge in [0.25, 0.3) is 0 Å². The van der Waals surface area contributed by atoms with E-state index in [0.29, 0.717) is 26.0 Å². The molecule has 116 valence electrons. The number of aryl methyl sites for hydroxylation is 2. The third kappa shape index (κ3) is 6.17. The van der Waals surface area contributed by atoms with Crippen LogP contribution in [0.3, 0.4) is 0 Å². The molecule has 0 N–H and O–H groups in total. The van der Waals surface area contributed by atoms with Crippen molar-refractivity contribution in [3.63, 3.8) is 0 Å². The second kappa shape index (κ2) is 8.67. The maximum absolute atomic E-state index is 12.0. The summed E-state index contributed by atoms with van der Waals surface area (Å²) in [6, 6.07) is 5.82. The van der Waals surface area contributed by atoms with Crippen molar-refractivity contribution in [1.82, 2.24) is 4.90 Å². The Bertz CT molecular complexity index is 502. The lowest BCUT2D eigenvalue weighted by molar-refractivity contribution is -0.143. The summed E-state index contributed by atoms with van der Waals surface area (Å²) >= 11 is 6.06. The number of hydrogen-bond acceptors (Lipinski definition) is 3. The summed E-state index contributed by atoms with van der Waals surface area (Å²) in [6.45, 7) is 4.46. The summed E-state index contributed by atoms with van der Waals surface area (Å²) in [7, 11) is 1.70. The molecule has 0 aliphatic rings. The van der Waals surface area contributed by atoms with E-state index in [2.05, 4.69) is 0 Å². The number of carbonyl (C=O) groups is 2. The van der Waals surface area contributed by atoms with Crippen LogP contribution in [-0.4, -0.2) is 37.0 Å². The summed E-state index contributed by atoms with van der Waals surface area (Å²) in [6.07, 6.45) is 1.27. The van der Waals surface area contributed by atoms with E-state index < -0.39 is 0 Å². The molecule has 4 nitrogen and oxygen atoms in total. The van der Waals surface area contributed by atoms with Crippen LogP contribution in [-0.2, 0) is 20.7 Å². The van der Waals surface area contributed by atoms with Crippen LogP contribution in [0.15, 0.2) is 18.2 Å². The lowest BCUT2D eigenvalue weighted by atomic mass is 10.1. The number of nitrogens with zero attached hydrogens (tertiary/aromatic N) is 1. The summed E-state index contributed by atoms with van der Waals surface area (Å²) in [5, 5.41) is 0.718. The van der Waals surface area contributed by atoms with Crippen LogP contribution in [0.5, 0.6) is 0 Å². The average molecular weight is 312 g/mol. The number of rotatable bonds is 7. The number of amides is 1. The van der Waals surface area contributed by atoms with Gasteiger partial charge in [-0.3, -0.25) is 9.59 Å². The summed E-state index contributed by atoms with van der Waals surface area (Å²) in [5.41, 5.74) is 2.07. The van der Waals surface area contributed by atoms with Crippen molar-refractivity contribution >= 4 is 23.5 Å². The van der Waals surface area contributed by atoms with Crippen molar-refractivity contribution in [2.45, 2.75) is 33.1 Å². The molecule has 0 aliphatic carbocycles. The molecule has 0 aliphatic heterocycles. The summed E-state index contributed by atoms with van der Waals surface area (Å²) in [4.78, 5) is 24.8. The molecule has 0 fully saturated rings. The first-order valence-electron chi connectivity index (χ1n) is 7.08. The van der Waals surface area contributed by atoms with Crippen molar-refractivity contribution in [2.75, 3.05) is 20.2 Å². The Labute approximate surface area is 131 Å². The zero-order valence-corrected chi connectivity index (χ0v) is 13.6. The summed E-state index contributed by atoms with van der Waals surface area (Å²) < 4.78 is 4.83. The molecule has 21 heavy (non-hydrogen) atoms. The fourth-order valence-corrected chi connectivity index (χ4v) is 2.05. The van der Waals surface area contributed by atoms with Gasteiger partial charge in [-0.15, -0.1) is 0 Å². The molecular weight excluding hydrogens is 290 g/mol. The van der Waals surface area contributed by atoms with Gasteiger partial charge in [-0.25, -0.2) is 0 Å². The third-order valence-corrected chi connectivity index (χ3v) is 3.65. The Morgan fingerprint density at radius 2 is 2.00 bits per heavy atom.